The molecule has 0 aliphatic carbocycles. The Hall–Kier alpha value is -1.06. The molecule has 0 spiro atoms. The van der Waals surface area contributed by atoms with Gasteiger partial charge in [0, 0.05) is 30.1 Å². The molecule has 1 aromatic carbocycles. The third kappa shape index (κ3) is 6.62. The van der Waals surface area contributed by atoms with Gasteiger partial charge in [-0.1, -0.05) is 23.7 Å². The van der Waals surface area contributed by atoms with Gasteiger partial charge >= 0.3 is 0 Å². The van der Waals surface area contributed by atoms with E-state index in [2.05, 4.69) is 31.4 Å². The molecular weight excluding hydrogens is 248 g/mol. The lowest BCUT2D eigenvalue weighted by molar-refractivity contribution is -0.121. The minimum Gasteiger partial charge on any atom is -0.352 e. The summed E-state index contributed by atoms with van der Waals surface area (Å²) in [6.45, 7) is 7.48. The van der Waals surface area contributed by atoms with E-state index in [1.807, 2.05) is 24.3 Å². The van der Waals surface area contributed by atoms with Gasteiger partial charge < -0.3 is 10.6 Å². The zero-order valence-corrected chi connectivity index (χ0v) is 12.0. The maximum absolute atomic E-state index is 11.6. The van der Waals surface area contributed by atoms with Crippen LogP contribution in [0.25, 0.3) is 0 Å². The molecule has 1 amide bonds. The molecule has 0 atom stereocenters. The van der Waals surface area contributed by atoms with Crippen LogP contribution in [0.4, 0.5) is 0 Å². The second-order valence-electron chi connectivity index (χ2n) is 5.33. The lowest BCUT2D eigenvalue weighted by Crippen LogP contribution is -2.38. The highest BCUT2D eigenvalue weighted by atomic mass is 35.5. The lowest BCUT2D eigenvalue weighted by Gasteiger charge is -2.20. The first-order chi connectivity index (χ1) is 8.37. The van der Waals surface area contributed by atoms with Crippen LogP contribution in [0.15, 0.2) is 24.3 Å². The molecule has 18 heavy (non-hydrogen) atoms. The van der Waals surface area contributed by atoms with Crippen LogP contribution in [0.3, 0.4) is 0 Å². The number of hydrogen-bond acceptors (Lipinski definition) is 2. The second kappa shape index (κ2) is 6.76. The molecule has 1 aromatic rings. The summed E-state index contributed by atoms with van der Waals surface area (Å²) in [5, 5.41) is 6.87. The van der Waals surface area contributed by atoms with Gasteiger partial charge in [0.2, 0.25) is 5.91 Å². The first kappa shape index (κ1) is 15.0. The monoisotopic (exact) mass is 268 g/mol. The molecule has 0 saturated heterocycles. The number of hydrogen-bond donors (Lipinski definition) is 2. The molecule has 0 aromatic heterocycles. The standard InChI is InChI=1S/C14H21ClN2O/c1-14(2,3)17-9-8-13(18)16-10-11-4-6-12(15)7-5-11/h4-7,17H,8-10H2,1-3H3,(H,16,18). The summed E-state index contributed by atoms with van der Waals surface area (Å²) in [7, 11) is 0. The molecular formula is C14H21ClN2O. The molecule has 0 bridgehead atoms. The van der Waals surface area contributed by atoms with Crippen LogP contribution >= 0.6 is 11.6 Å². The van der Waals surface area contributed by atoms with Crippen LogP contribution in [0.2, 0.25) is 5.02 Å². The van der Waals surface area contributed by atoms with E-state index in [-0.39, 0.29) is 11.4 Å². The summed E-state index contributed by atoms with van der Waals surface area (Å²) in [5.74, 6) is 0.0571. The third-order valence-electron chi connectivity index (χ3n) is 2.41. The molecule has 0 aliphatic heterocycles. The SMILES string of the molecule is CC(C)(C)NCCC(=O)NCc1ccc(Cl)cc1. The first-order valence-electron chi connectivity index (χ1n) is 6.13. The molecule has 0 fully saturated rings. The molecule has 0 saturated carbocycles. The normalized spacial score (nSPS) is 11.3. The van der Waals surface area contributed by atoms with Gasteiger partial charge in [0.1, 0.15) is 0 Å². The Bertz CT molecular complexity index is 382. The number of carbonyl (C=O) groups excluding carboxylic acids is 1. The van der Waals surface area contributed by atoms with E-state index in [4.69, 9.17) is 11.6 Å². The molecule has 0 aliphatic rings. The molecule has 1 rings (SSSR count). The Morgan fingerprint density at radius 1 is 1.22 bits per heavy atom. The van der Waals surface area contributed by atoms with E-state index in [1.165, 1.54) is 0 Å². The Balaban J connectivity index is 2.23. The quantitative estimate of drug-likeness (QED) is 0.862. The van der Waals surface area contributed by atoms with Crippen molar-refractivity contribution in [2.24, 2.45) is 0 Å². The van der Waals surface area contributed by atoms with Crippen molar-refractivity contribution in [3.05, 3.63) is 34.9 Å². The highest BCUT2D eigenvalue weighted by Gasteiger charge is 2.09. The van der Waals surface area contributed by atoms with Crippen molar-refractivity contribution < 1.29 is 4.79 Å². The van der Waals surface area contributed by atoms with Crippen molar-refractivity contribution in [2.75, 3.05) is 6.54 Å². The summed E-state index contributed by atoms with van der Waals surface area (Å²) in [5.41, 5.74) is 1.10. The van der Waals surface area contributed by atoms with E-state index in [1.54, 1.807) is 0 Å². The number of benzene rings is 1. The van der Waals surface area contributed by atoms with Gasteiger partial charge in [0.05, 0.1) is 0 Å². The Morgan fingerprint density at radius 3 is 2.39 bits per heavy atom. The Kier molecular flexibility index (Phi) is 5.63. The highest BCUT2D eigenvalue weighted by molar-refractivity contribution is 6.30. The van der Waals surface area contributed by atoms with Gasteiger partial charge in [0.15, 0.2) is 0 Å². The number of nitrogens with one attached hydrogen (secondary N) is 2. The van der Waals surface area contributed by atoms with Gasteiger partial charge in [0.25, 0.3) is 0 Å². The number of carbonyl (C=O) groups is 1. The van der Waals surface area contributed by atoms with E-state index in [0.717, 1.165) is 5.56 Å². The average molecular weight is 269 g/mol. The zero-order valence-electron chi connectivity index (χ0n) is 11.2. The van der Waals surface area contributed by atoms with Crippen molar-refractivity contribution in [1.82, 2.24) is 10.6 Å². The van der Waals surface area contributed by atoms with Crippen LogP contribution in [-0.2, 0) is 11.3 Å². The first-order valence-corrected chi connectivity index (χ1v) is 6.51. The van der Waals surface area contributed by atoms with Crippen LogP contribution in [0, 0.1) is 0 Å². The maximum Gasteiger partial charge on any atom is 0.221 e. The van der Waals surface area contributed by atoms with E-state index >= 15 is 0 Å². The lowest BCUT2D eigenvalue weighted by atomic mass is 10.1. The Morgan fingerprint density at radius 2 is 1.83 bits per heavy atom. The highest BCUT2D eigenvalue weighted by Crippen LogP contribution is 2.09. The zero-order chi connectivity index (χ0) is 13.6. The van der Waals surface area contributed by atoms with E-state index in [9.17, 15) is 4.79 Å². The molecule has 3 nitrogen and oxygen atoms in total. The van der Waals surface area contributed by atoms with E-state index in [0.29, 0.717) is 24.5 Å². The van der Waals surface area contributed by atoms with Gasteiger partial charge in [-0.25, -0.2) is 0 Å². The molecule has 4 heteroatoms. The van der Waals surface area contributed by atoms with Crippen LogP contribution < -0.4 is 10.6 Å². The predicted octanol–water partition coefficient (Wildman–Crippen LogP) is 2.73. The van der Waals surface area contributed by atoms with Crippen molar-refractivity contribution >= 4 is 17.5 Å². The van der Waals surface area contributed by atoms with Crippen molar-refractivity contribution in [3.8, 4) is 0 Å². The number of halogens is 1. The third-order valence-corrected chi connectivity index (χ3v) is 2.66. The van der Waals surface area contributed by atoms with Crippen LogP contribution in [0.5, 0.6) is 0 Å². The predicted molar refractivity (Wildman–Crippen MR) is 75.7 cm³/mol. The number of amides is 1. The fourth-order valence-corrected chi connectivity index (χ4v) is 1.57. The van der Waals surface area contributed by atoms with Gasteiger partial charge in [-0.2, -0.15) is 0 Å². The fourth-order valence-electron chi connectivity index (χ4n) is 1.44. The fraction of sp³-hybridized carbons (Fsp3) is 0.500. The molecule has 0 heterocycles. The largest absolute Gasteiger partial charge is 0.352 e. The average Bonchev–Trinajstić information content (AvgIpc) is 2.26. The van der Waals surface area contributed by atoms with Crippen molar-refractivity contribution in [1.29, 1.82) is 0 Å². The van der Waals surface area contributed by atoms with Crippen molar-refractivity contribution in [2.45, 2.75) is 39.3 Å². The number of rotatable bonds is 5. The van der Waals surface area contributed by atoms with Gasteiger partial charge in [-0.15, -0.1) is 0 Å². The molecule has 0 unspecified atom stereocenters. The van der Waals surface area contributed by atoms with Crippen molar-refractivity contribution in [3.63, 3.8) is 0 Å². The summed E-state index contributed by atoms with van der Waals surface area (Å²) in [4.78, 5) is 11.6. The van der Waals surface area contributed by atoms with Crippen LogP contribution in [-0.4, -0.2) is 18.0 Å². The molecule has 2 N–H and O–H groups in total. The minimum absolute atomic E-state index is 0.0520. The summed E-state index contributed by atoms with van der Waals surface area (Å²) >= 11 is 5.79. The smallest absolute Gasteiger partial charge is 0.221 e. The molecule has 0 radical (unpaired) electrons. The maximum atomic E-state index is 11.6. The minimum atomic E-state index is 0.0520. The van der Waals surface area contributed by atoms with Gasteiger partial charge in [-0.3, -0.25) is 4.79 Å². The molecule has 100 valence electrons. The topological polar surface area (TPSA) is 41.1 Å². The Labute approximate surface area is 114 Å². The summed E-state index contributed by atoms with van der Waals surface area (Å²) < 4.78 is 0. The summed E-state index contributed by atoms with van der Waals surface area (Å²) in [6, 6.07) is 7.47. The van der Waals surface area contributed by atoms with Crippen LogP contribution in [0.1, 0.15) is 32.8 Å². The van der Waals surface area contributed by atoms with E-state index < -0.39 is 0 Å². The second-order valence-corrected chi connectivity index (χ2v) is 5.77. The summed E-state index contributed by atoms with van der Waals surface area (Å²) in [6.07, 6.45) is 0.491. The van der Waals surface area contributed by atoms with Gasteiger partial charge in [-0.05, 0) is 38.5 Å².